The Morgan fingerprint density at radius 3 is 1.98 bits per heavy atom. The predicted molar refractivity (Wildman–Crippen MR) is 226 cm³/mol. The quantitative estimate of drug-likeness (QED) is 0.0790. The van der Waals surface area contributed by atoms with Crippen LogP contribution in [0.3, 0.4) is 0 Å². The van der Waals surface area contributed by atoms with Gasteiger partial charge in [0.1, 0.15) is 5.75 Å². The second-order valence-electron chi connectivity index (χ2n) is 16.0. The molecule has 0 aliphatic carbocycles. The first-order chi connectivity index (χ1) is 27.0. The molecule has 2 N–H and O–H groups in total. The molecule has 0 spiro atoms. The molecule has 2 aromatic rings. The number of rotatable bonds is 24. The third kappa shape index (κ3) is 14.2. The van der Waals surface area contributed by atoms with E-state index in [0.717, 1.165) is 30.6 Å². The van der Waals surface area contributed by atoms with Crippen molar-refractivity contribution in [1.82, 2.24) is 9.91 Å². The number of hydrogen-bond acceptors (Lipinski definition) is 9. The summed E-state index contributed by atoms with van der Waals surface area (Å²) < 4.78 is 31.3. The van der Waals surface area contributed by atoms with Crippen LogP contribution in [0.25, 0.3) is 0 Å². The molecule has 57 heavy (non-hydrogen) atoms. The number of ketones is 1. The number of ether oxygens (including phenoxy) is 1. The standard InChI is InChI=1S/C43H65N5O8S/c1-8-10-12-13-14-15-16-17-18-22-28-57(54,55)31-32(3)40(51)44-33-25-26-36(56-7)35(29-33)45-41(52)38(39(50)43(4,5)6)47-37(49)30-46(27-11-9-2)48(42(47)53)34-23-20-19-21-24-34/h19-21,23-26,29,32,38H,8-18,22,27-28,30-31H2,1-7H3,(H,44,51)(H,45,52). The van der Waals surface area contributed by atoms with Crippen LogP contribution in [-0.2, 0) is 29.0 Å². The number of carbonyl (C=O) groups excluding carboxylic acids is 5. The molecule has 0 saturated carbocycles. The normalized spacial score (nSPS) is 15.0. The summed E-state index contributed by atoms with van der Waals surface area (Å²) in [7, 11) is -2.10. The molecule has 5 amide bonds. The van der Waals surface area contributed by atoms with Gasteiger partial charge >= 0.3 is 6.03 Å². The van der Waals surface area contributed by atoms with Gasteiger partial charge in [-0.2, -0.15) is 0 Å². The number of amides is 5. The number of nitrogens with zero attached hydrogens (tertiary/aromatic N) is 3. The van der Waals surface area contributed by atoms with Crippen molar-refractivity contribution in [2.45, 2.75) is 125 Å². The summed E-state index contributed by atoms with van der Waals surface area (Å²) >= 11 is 0. The summed E-state index contributed by atoms with van der Waals surface area (Å²) in [4.78, 5) is 70.3. The van der Waals surface area contributed by atoms with E-state index in [1.165, 1.54) is 68.8 Å². The molecular weight excluding hydrogens is 747 g/mol. The zero-order valence-electron chi connectivity index (χ0n) is 35.1. The molecule has 2 atom stereocenters. The van der Waals surface area contributed by atoms with Crippen LogP contribution in [0, 0.1) is 11.3 Å². The van der Waals surface area contributed by atoms with Crippen molar-refractivity contribution in [3.05, 3.63) is 48.5 Å². The molecule has 1 saturated heterocycles. The SMILES string of the molecule is CCCCCCCCCCCCS(=O)(=O)CC(C)C(=O)Nc1ccc(OC)c(NC(=O)C(C(=O)C(C)(C)C)N2C(=O)CN(CCCC)N(c3ccccc3)C2=O)c1. The Bertz CT molecular complexity index is 1760. The number of carbonyl (C=O) groups is 5. The largest absolute Gasteiger partial charge is 0.495 e. The second-order valence-corrected chi connectivity index (χ2v) is 18.3. The zero-order chi connectivity index (χ0) is 42.2. The maximum Gasteiger partial charge on any atom is 0.347 e. The van der Waals surface area contributed by atoms with Gasteiger partial charge in [-0.05, 0) is 43.2 Å². The lowest BCUT2D eigenvalue weighted by atomic mass is 9.85. The average molecular weight is 812 g/mol. The van der Waals surface area contributed by atoms with Crippen molar-refractivity contribution < 1.29 is 37.1 Å². The highest BCUT2D eigenvalue weighted by Gasteiger charge is 2.49. The fourth-order valence-corrected chi connectivity index (χ4v) is 8.44. The van der Waals surface area contributed by atoms with E-state index in [1.54, 1.807) is 63.0 Å². The highest BCUT2D eigenvalue weighted by Crippen LogP contribution is 2.31. The van der Waals surface area contributed by atoms with Crippen LogP contribution in [0.15, 0.2) is 48.5 Å². The van der Waals surface area contributed by atoms with Crippen LogP contribution in [0.1, 0.15) is 119 Å². The third-order valence-electron chi connectivity index (χ3n) is 10.0. The Hall–Kier alpha value is -4.30. The minimum absolute atomic E-state index is 0.0240. The third-order valence-corrected chi connectivity index (χ3v) is 11.9. The van der Waals surface area contributed by atoms with Crippen molar-refractivity contribution in [2.75, 3.05) is 47.3 Å². The summed E-state index contributed by atoms with van der Waals surface area (Å²) in [6.07, 6.45) is 12.4. The van der Waals surface area contributed by atoms with Crippen molar-refractivity contribution in [3.63, 3.8) is 0 Å². The maximum atomic E-state index is 14.3. The number of hydrazine groups is 1. The lowest BCUT2D eigenvalue weighted by Crippen LogP contribution is -2.68. The van der Waals surface area contributed by atoms with Crippen LogP contribution >= 0.6 is 0 Å². The summed E-state index contributed by atoms with van der Waals surface area (Å²) in [5.74, 6) is -3.78. The van der Waals surface area contributed by atoms with E-state index in [0.29, 0.717) is 25.1 Å². The van der Waals surface area contributed by atoms with E-state index in [2.05, 4.69) is 17.6 Å². The first kappa shape index (κ1) is 47.1. The van der Waals surface area contributed by atoms with Crippen LogP contribution in [0.5, 0.6) is 5.75 Å². The van der Waals surface area contributed by atoms with Gasteiger partial charge in [0, 0.05) is 23.6 Å². The van der Waals surface area contributed by atoms with Gasteiger partial charge < -0.3 is 15.4 Å². The van der Waals surface area contributed by atoms with Gasteiger partial charge in [0.25, 0.3) is 5.91 Å². The van der Waals surface area contributed by atoms with Crippen molar-refractivity contribution in [3.8, 4) is 5.75 Å². The molecule has 2 aromatic carbocycles. The molecular formula is C43H65N5O8S. The Kier molecular flexibility index (Phi) is 18.7. The number of nitrogens with one attached hydrogen (secondary N) is 2. The highest BCUT2D eigenvalue weighted by molar-refractivity contribution is 7.91. The molecule has 14 heteroatoms. The van der Waals surface area contributed by atoms with Gasteiger partial charge in [0.05, 0.1) is 36.5 Å². The minimum Gasteiger partial charge on any atom is -0.495 e. The van der Waals surface area contributed by atoms with Crippen molar-refractivity contribution in [1.29, 1.82) is 0 Å². The molecule has 0 bridgehead atoms. The van der Waals surface area contributed by atoms with Gasteiger partial charge in [-0.1, -0.05) is 124 Å². The lowest BCUT2D eigenvalue weighted by Gasteiger charge is -2.44. The molecule has 1 fully saturated rings. The smallest absolute Gasteiger partial charge is 0.347 e. The van der Waals surface area contributed by atoms with Crippen LogP contribution in [0.4, 0.5) is 21.9 Å². The predicted octanol–water partition coefficient (Wildman–Crippen LogP) is 8.01. The molecule has 316 valence electrons. The van der Waals surface area contributed by atoms with E-state index in [1.807, 2.05) is 6.92 Å². The lowest BCUT2D eigenvalue weighted by molar-refractivity contribution is -0.146. The van der Waals surface area contributed by atoms with E-state index >= 15 is 0 Å². The van der Waals surface area contributed by atoms with Crippen LogP contribution in [-0.4, -0.2) is 85.6 Å². The van der Waals surface area contributed by atoms with Gasteiger partial charge in [0.15, 0.2) is 21.7 Å². The number of benzene rings is 2. The number of para-hydroxylation sites is 1. The molecule has 0 aromatic heterocycles. The number of hydrogen-bond donors (Lipinski definition) is 2. The first-order valence-corrected chi connectivity index (χ1v) is 22.4. The summed E-state index contributed by atoms with van der Waals surface area (Å²) in [6.45, 7) is 10.7. The number of imide groups is 1. The molecule has 1 heterocycles. The first-order valence-electron chi connectivity index (χ1n) is 20.5. The Morgan fingerprint density at radius 2 is 1.40 bits per heavy atom. The molecule has 13 nitrogen and oxygen atoms in total. The van der Waals surface area contributed by atoms with E-state index in [-0.39, 0.29) is 35.2 Å². The second kappa shape index (κ2) is 22.6. The number of unbranched alkanes of at least 4 members (excludes halogenated alkanes) is 10. The number of methoxy groups -OCH3 is 1. The summed E-state index contributed by atoms with van der Waals surface area (Å²) in [5, 5.41) is 8.36. The molecule has 1 aliphatic rings. The minimum atomic E-state index is -3.48. The molecule has 3 rings (SSSR count). The number of urea groups is 1. The van der Waals surface area contributed by atoms with Crippen molar-refractivity contribution >= 4 is 56.4 Å². The van der Waals surface area contributed by atoms with Gasteiger partial charge in [-0.3, -0.25) is 19.2 Å². The van der Waals surface area contributed by atoms with Gasteiger partial charge in [-0.25, -0.2) is 28.1 Å². The van der Waals surface area contributed by atoms with Gasteiger partial charge in [0.2, 0.25) is 11.8 Å². The fraction of sp³-hybridized carbons (Fsp3) is 0.605. The highest BCUT2D eigenvalue weighted by atomic mass is 32.2. The molecule has 0 radical (unpaired) electrons. The topological polar surface area (TPSA) is 162 Å². The van der Waals surface area contributed by atoms with Crippen molar-refractivity contribution in [2.24, 2.45) is 11.3 Å². The maximum absolute atomic E-state index is 14.3. The van der Waals surface area contributed by atoms with E-state index < -0.39 is 56.7 Å². The monoisotopic (exact) mass is 811 g/mol. The van der Waals surface area contributed by atoms with Crippen LogP contribution in [0.2, 0.25) is 0 Å². The molecule has 2 unspecified atom stereocenters. The molecule has 1 aliphatic heterocycles. The van der Waals surface area contributed by atoms with Gasteiger partial charge in [-0.15, -0.1) is 0 Å². The average Bonchev–Trinajstić information content (AvgIpc) is 3.15. The summed E-state index contributed by atoms with van der Waals surface area (Å²) in [5.41, 5.74) is -0.358. The Balaban J connectivity index is 1.75. The zero-order valence-corrected chi connectivity index (χ0v) is 35.9. The van der Waals surface area contributed by atoms with E-state index in [4.69, 9.17) is 4.74 Å². The fourth-order valence-electron chi connectivity index (χ4n) is 6.71. The number of anilines is 3. The number of Topliss-reactive ketones (excluding diaryl/α,β-unsaturated/α-hetero) is 1. The van der Waals surface area contributed by atoms with E-state index in [9.17, 15) is 32.4 Å². The van der Waals surface area contributed by atoms with Crippen LogP contribution < -0.4 is 20.4 Å². The Morgan fingerprint density at radius 1 is 0.807 bits per heavy atom. The Labute approximate surface area is 340 Å². The summed E-state index contributed by atoms with van der Waals surface area (Å²) in [6, 6.07) is 10.5. The number of sulfone groups is 1.